The lowest BCUT2D eigenvalue weighted by atomic mass is 10.1. The van der Waals surface area contributed by atoms with Crippen molar-refractivity contribution in [2.75, 3.05) is 0 Å². The summed E-state index contributed by atoms with van der Waals surface area (Å²) in [4.78, 5) is 36.8. The van der Waals surface area contributed by atoms with Crippen molar-refractivity contribution >= 4 is 27.9 Å². The van der Waals surface area contributed by atoms with Gasteiger partial charge >= 0.3 is 11.6 Å². The molecular formula is C26H15FO7. The van der Waals surface area contributed by atoms with Gasteiger partial charge in [-0.3, -0.25) is 4.79 Å². The predicted octanol–water partition coefficient (Wildman–Crippen LogP) is 5.36. The zero-order chi connectivity index (χ0) is 23.8. The lowest BCUT2D eigenvalue weighted by Gasteiger charge is -2.08. The van der Waals surface area contributed by atoms with Gasteiger partial charge in [-0.25, -0.2) is 14.0 Å². The second-order valence-corrected chi connectivity index (χ2v) is 7.50. The van der Waals surface area contributed by atoms with E-state index in [0.29, 0.717) is 5.58 Å². The highest BCUT2D eigenvalue weighted by Crippen LogP contribution is 2.27. The van der Waals surface area contributed by atoms with Gasteiger partial charge in [0.05, 0.1) is 10.9 Å². The molecule has 0 aliphatic carbocycles. The Balaban J connectivity index is 1.42. The molecule has 0 atom stereocenters. The zero-order valence-electron chi connectivity index (χ0n) is 17.7. The first-order chi connectivity index (χ1) is 16.4. The highest BCUT2D eigenvalue weighted by molar-refractivity contribution is 5.91. The van der Waals surface area contributed by atoms with Gasteiger partial charge in [-0.15, -0.1) is 0 Å². The molecule has 8 heteroatoms. The average molecular weight is 458 g/mol. The van der Waals surface area contributed by atoms with Crippen LogP contribution in [0.4, 0.5) is 4.39 Å². The van der Waals surface area contributed by atoms with Crippen molar-refractivity contribution in [3.63, 3.8) is 0 Å². The molecule has 5 rings (SSSR count). The Morgan fingerprint density at radius 2 is 1.65 bits per heavy atom. The van der Waals surface area contributed by atoms with Crippen LogP contribution in [0.3, 0.4) is 0 Å². The second-order valence-electron chi connectivity index (χ2n) is 7.50. The van der Waals surface area contributed by atoms with Gasteiger partial charge < -0.3 is 18.3 Å². The van der Waals surface area contributed by atoms with Crippen LogP contribution in [0, 0.1) is 12.7 Å². The van der Waals surface area contributed by atoms with E-state index in [0.717, 1.165) is 23.3 Å². The smallest absolute Gasteiger partial charge is 0.343 e. The van der Waals surface area contributed by atoms with Gasteiger partial charge in [0.15, 0.2) is 0 Å². The minimum atomic E-state index is -0.751. The third-order valence-electron chi connectivity index (χ3n) is 5.14. The lowest BCUT2D eigenvalue weighted by molar-refractivity contribution is 0.0734. The molecule has 0 aliphatic rings. The molecule has 0 amide bonds. The Morgan fingerprint density at radius 3 is 2.47 bits per heavy atom. The molecule has 168 valence electrons. The van der Waals surface area contributed by atoms with E-state index in [2.05, 4.69) is 0 Å². The summed E-state index contributed by atoms with van der Waals surface area (Å²) in [5.74, 6) is -0.979. The van der Waals surface area contributed by atoms with E-state index in [4.69, 9.17) is 18.3 Å². The van der Waals surface area contributed by atoms with Gasteiger partial charge in [0.1, 0.15) is 34.7 Å². The van der Waals surface area contributed by atoms with Gasteiger partial charge in [0.2, 0.25) is 11.2 Å². The van der Waals surface area contributed by atoms with Gasteiger partial charge in [0, 0.05) is 23.6 Å². The van der Waals surface area contributed by atoms with Crippen LogP contribution in [0.5, 0.6) is 17.2 Å². The SMILES string of the molecule is Cc1cc(=O)oc2cc(Oc3coc4cc(OC(=O)c5cccc(F)c5)ccc4c3=O)ccc12. The number of benzene rings is 3. The summed E-state index contributed by atoms with van der Waals surface area (Å²) in [6, 6.07) is 15.6. The van der Waals surface area contributed by atoms with Crippen molar-refractivity contribution in [1.82, 2.24) is 0 Å². The molecule has 0 aliphatic heterocycles. The Bertz CT molecular complexity index is 1700. The van der Waals surface area contributed by atoms with Crippen LogP contribution in [-0.4, -0.2) is 5.97 Å². The van der Waals surface area contributed by atoms with Crippen LogP contribution in [0.1, 0.15) is 15.9 Å². The summed E-state index contributed by atoms with van der Waals surface area (Å²) in [5.41, 5.74) is 0.374. The minimum absolute atomic E-state index is 0.0479. The van der Waals surface area contributed by atoms with Crippen LogP contribution in [0.2, 0.25) is 0 Å². The molecule has 0 spiro atoms. The Kier molecular flexibility index (Phi) is 5.18. The van der Waals surface area contributed by atoms with Crippen LogP contribution < -0.4 is 20.5 Å². The highest BCUT2D eigenvalue weighted by Gasteiger charge is 2.14. The summed E-state index contributed by atoms with van der Waals surface area (Å²) >= 11 is 0. The molecule has 0 bridgehead atoms. The number of rotatable bonds is 4. The summed E-state index contributed by atoms with van der Waals surface area (Å²) in [6.45, 7) is 1.79. The average Bonchev–Trinajstić information content (AvgIpc) is 2.80. The first-order valence-corrected chi connectivity index (χ1v) is 10.1. The van der Waals surface area contributed by atoms with Gasteiger partial charge in [-0.1, -0.05) is 6.07 Å². The van der Waals surface area contributed by atoms with Crippen molar-refractivity contribution < 1.29 is 27.5 Å². The second kappa shape index (κ2) is 8.32. The maximum absolute atomic E-state index is 13.3. The summed E-state index contributed by atoms with van der Waals surface area (Å²) < 4.78 is 35.0. The topological polar surface area (TPSA) is 95.9 Å². The zero-order valence-corrected chi connectivity index (χ0v) is 17.7. The van der Waals surface area contributed by atoms with Crippen LogP contribution in [0.15, 0.2) is 91.4 Å². The molecule has 0 saturated carbocycles. The first-order valence-electron chi connectivity index (χ1n) is 10.1. The molecule has 2 aromatic heterocycles. The van der Waals surface area contributed by atoms with Crippen molar-refractivity contribution in [3.8, 4) is 17.2 Å². The lowest BCUT2D eigenvalue weighted by Crippen LogP contribution is -2.09. The van der Waals surface area contributed by atoms with E-state index in [9.17, 15) is 18.8 Å². The fourth-order valence-electron chi connectivity index (χ4n) is 3.50. The molecule has 34 heavy (non-hydrogen) atoms. The van der Waals surface area contributed by atoms with Gasteiger partial charge in [-0.05, 0) is 55.0 Å². The number of carbonyl (C=O) groups is 1. The van der Waals surface area contributed by atoms with Crippen molar-refractivity contribution in [2.45, 2.75) is 6.92 Å². The van der Waals surface area contributed by atoms with E-state index < -0.39 is 22.8 Å². The third kappa shape index (κ3) is 4.04. The molecular weight excluding hydrogens is 443 g/mol. The monoisotopic (exact) mass is 458 g/mol. The third-order valence-corrected chi connectivity index (χ3v) is 5.14. The van der Waals surface area contributed by atoms with Crippen molar-refractivity contribution in [1.29, 1.82) is 0 Å². The number of hydrogen-bond donors (Lipinski definition) is 0. The van der Waals surface area contributed by atoms with E-state index in [1.165, 1.54) is 48.5 Å². The Labute approximate surface area is 190 Å². The summed E-state index contributed by atoms with van der Waals surface area (Å²) in [5, 5.41) is 0.948. The molecule has 5 aromatic rings. The molecule has 0 saturated heterocycles. The van der Waals surface area contributed by atoms with Gasteiger partial charge in [-0.2, -0.15) is 0 Å². The van der Waals surface area contributed by atoms with E-state index in [1.54, 1.807) is 19.1 Å². The van der Waals surface area contributed by atoms with Crippen molar-refractivity contribution in [3.05, 3.63) is 111 Å². The van der Waals surface area contributed by atoms with Crippen LogP contribution in [0.25, 0.3) is 21.9 Å². The fourth-order valence-corrected chi connectivity index (χ4v) is 3.50. The fraction of sp³-hybridized carbons (Fsp3) is 0.0385. The molecule has 2 heterocycles. The number of esters is 1. The Morgan fingerprint density at radius 1 is 0.882 bits per heavy atom. The number of carbonyl (C=O) groups excluding carboxylic acids is 1. The molecule has 3 aromatic carbocycles. The van der Waals surface area contributed by atoms with E-state index >= 15 is 0 Å². The van der Waals surface area contributed by atoms with Crippen molar-refractivity contribution in [2.24, 2.45) is 0 Å². The standard InChI is InChI=1S/C26H15FO7/c1-14-9-24(28)34-22-12-17(5-7-19(14)22)32-23-13-31-21-11-18(6-8-20(21)25(23)29)33-26(30)15-3-2-4-16(27)10-15/h2-13H,1H3. The quantitative estimate of drug-likeness (QED) is 0.203. The molecule has 0 fully saturated rings. The number of fused-ring (bicyclic) bond motifs is 2. The molecule has 0 radical (unpaired) electrons. The molecule has 0 unspecified atom stereocenters. The maximum Gasteiger partial charge on any atom is 0.343 e. The largest absolute Gasteiger partial charge is 0.460 e. The van der Waals surface area contributed by atoms with Crippen LogP contribution in [-0.2, 0) is 0 Å². The Hall–Kier alpha value is -4.72. The minimum Gasteiger partial charge on any atom is -0.460 e. The van der Waals surface area contributed by atoms with Crippen LogP contribution >= 0.6 is 0 Å². The summed E-state index contributed by atoms with van der Waals surface area (Å²) in [7, 11) is 0. The van der Waals surface area contributed by atoms with E-state index in [1.807, 2.05) is 0 Å². The number of hydrogen-bond acceptors (Lipinski definition) is 7. The maximum atomic E-state index is 13.3. The molecule has 7 nitrogen and oxygen atoms in total. The highest BCUT2D eigenvalue weighted by atomic mass is 19.1. The number of aryl methyl sites for hydroxylation is 1. The van der Waals surface area contributed by atoms with Gasteiger partial charge in [0.25, 0.3) is 0 Å². The number of ether oxygens (including phenoxy) is 2. The normalized spacial score (nSPS) is 11.0. The first kappa shape index (κ1) is 21.1. The molecule has 0 N–H and O–H groups in total. The predicted molar refractivity (Wildman–Crippen MR) is 121 cm³/mol. The number of halogens is 1. The van der Waals surface area contributed by atoms with E-state index in [-0.39, 0.29) is 33.8 Å². The summed E-state index contributed by atoms with van der Waals surface area (Å²) in [6.07, 6.45) is 1.14.